The summed E-state index contributed by atoms with van der Waals surface area (Å²) in [5, 5.41) is 16.1. The Morgan fingerprint density at radius 3 is 2.91 bits per heavy atom. The zero-order valence-electron chi connectivity index (χ0n) is 12.2. The fourth-order valence-electron chi connectivity index (χ4n) is 2.31. The van der Waals surface area contributed by atoms with Crippen LogP contribution >= 0.6 is 0 Å². The highest BCUT2D eigenvalue weighted by atomic mass is 16.5. The Balaban J connectivity index is 2.28. The molecule has 1 aliphatic rings. The number of aliphatic hydroxyl groups is 1. The zero-order valence-corrected chi connectivity index (χ0v) is 12.2. The number of carbonyl (C=O) groups excluding carboxylic acids is 1. The molecule has 0 aromatic heterocycles. The number of hydrogen-bond donors (Lipinski definition) is 1. The summed E-state index contributed by atoms with van der Waals surface area (Å²) in [6.07, 6.45) is -0.407. The molecular weight excluding hydrogens is 302 g/mol. The largest absolute Gasteiger partial charge is 0.394 e. The van der Waals surface area contributed by atoms with E-state index in [1.807, 2.05) is 0 Å². The predicted molar refractivity (Wildman–Crippen MR) is 80.8 cm³/mol. The standard InChI is InChI=1S/C13H15N7O3/c14-18-16-6-9-3-10(5-11(4-9)17-19-15)13(22)20-1-2-23-12(7-20)8-21/h3-5,12,21H,1-2,6-8H2/t12-/m1/s1. The summed E-state index contributed by atoms with van der Waals surface area (Å²) in [5.41, 5.74) is 18.1. The maximum absolute atomic E-state index is 12.6. The number of amides is 1. The average molecular weight is 317 g/mol. The molecule has 1 aromatic rings. The molecule has 0 bridgehead atoms. The van der Waals surface area contributed by atoms with Crippen LogP contribution < -0.4 is 0 Å². The van der Waals surface area contributed by atoms with E-state index in [0.29, 0.717) is 24.3 Å². The topological polar surface area (TPSA) is 147 Å². The molecule has 0 saturated carbocycles. The van der Waals surface area contributed by atoms with Gasteiger partial charge in [-0.05, 0) is 34.8 Å². The molecule has 1 aliphatic heterocycles. The first-order valence-corrected chi connectivity index (χ1v) is 6.89. The summed E-state index contributed by atoms with van der Waals surface area (Å²) in [6, 6.07) is 4.63. The van der Waals surface area contributed by atoms with E-state index in [1.54, 1.807) is 17.0 Å². The molecule has 1 fully saturated rings. The predicted octanol–water partition coefficient (Wildman–Crippen LogP) is 2.27. The lowest BCUT2D eigenvalue weighted by Gasteiger charge is -2.32. The summed E-state index contributed by atoms with van der Waals surface area (Å²) < 4.78 is 5.32. The SMILES string of the molecule is [N-]=[N+]=NCc1cc(N=[N+]=[N-])cc(C(=O)N2CCO[C@@H](CO)C2)c1. The first kappa shape index (κ1) is 16.6. The fraction of sp³-hybridized carbons (Fsp3) is 0.462. The van der Waals surface area contributed by atoms with Gasteiger partial charge in [0.05, 0.1) is 25.9 Å². The van der Waals surface area contributed by atoms with Gasteiger partial charge in [-0.3, -0.25) is 4.79 Å². The van der Waals surface area contributed by atoms with Gasteiger partial charge in [-0.1, -0.05) is 10.2 Å². The van der Waals surface area contributed by atoms with Crippen molar-refractivity contribution < 1.29 is 14.6 Å². The van der Waals surface area contributed by atoms with Gasteiger partial charge in [0.1, 0.15) is 0 Å². The van der Waals surface area contributed by atoms with Crippen molar-refractivity contribution in [1.29, 1.82) is 0 Å². The lowest BCUT2D eigenvalue weighted by Crippen LogP contribution is -2.46. The van der Waals surface area contributed by atoms with Crippen molar-refractivity contribution in [3.63, 3.8) is 0 Å². The molecular formula is C13H15N7O3. The molecule has 1 aromatic carbocycles. The van der Waals surface area contributed by atoms with E-state index in [9.17, 15) is 4.79 Å². The Kier molecular flexibility index (Phi) is 5.79. The second-order valence-electron chi connectivity index (χ2n) is 4.89. The molecule has 10 heteroatoms. The molecule has 0 radical (unpaired) electrons. The highest BCUT2D eigenvalue weighted by Crippen LogP contribution is 2.21. The first-order chi connectivity index (χ1) is 11.2. The third kappa shape index (κ3) is 4.35. The van der Waals surface area contributed by atoms with Crippen molar-refractivity contribution in [2.75, 3.05) is 26.3 Å². The van der Waals surface area contributed by atoms with E-state index in [0.717, 1.165) is 0 Å². The fourth-order valence-corrected chi connectivity index (χ4v) is 2.31. The van der Waals surface area contributed by atoms with Gasteiger partial charge < -0.3 is 14.7 Å². The molecule has 2 rings (SSSR count). The normalized spacial score (nSPS) is 17.1. The number of azide groups is 2. The maximum atomic E-state index is 12.6. The van der Waals surface area contributed by atoms with Gasteiger partial charge in [0.25, 0.3) is 5.91 Å². The van der Waals surface area contributed by atoms with Crippen LogP contribution in [0.25, 0.3) is 20.9 Å². The molecule has 1 saturated heterocycles. The Morgan fingerprint density at radius 2 is 2.22 bits per heavy atom. The van der Waals surface area contributed by atoms with Crippen molar-refractivity contribution in [2.45, 2.75) is 12.6 Å². The van der Waals surface area contributed by atoms with E-state index in [4.69, 9.17) is 20.9 Å². The minimum Gasteiger partial charge on any atom is -0.394 e. The number of benzene rings is 1. The average Bonchev–Trinajstić information content (AvgIpc) is 2.59. The molecule has 1 N–H and O–H groups in total. The number of rotatable bonds is 5. The van der Waals surface area contributed by atoms with Crippen molar-refractivity contribution in [1.82, 2.24) is 4.90 Å². The lowest BCUT2D eigenvalue weighted by molar-refractivity contribution is -0.0447. The molecule has 10 nitrogen and oxygen atoms in total. The van der Waals surface area contributed by atoms with E-state index in [-0.39, 0.29) is 31.3 Å². The first-order valence-electron chi connectivity index (χ1n) is 6.89. The highest BCUT2D eigenvalue weighted by Gasteiger charge is 2.24. The molecule has 1 heterocycles. The van der Waals surface area contributed by atoms with Crippen molar-refractivity contribution >= 4 is 11.6 Å². The molecule has 0 spiro atoms. The van der Waals surface area contributed by atoms with Gasteiger partial charge in [0.2, 0.25) is 0 Å². The van der Waals surface area contributed by atoms with E-state index in [2.05, 4.69) is 20.1 Å². The smallest absolute Gasteiger partial charge is 0.254 e. The second-order valence-corrected chi connectivity index (χ2v) is 4.89. The minimum absolute atomic E-state index is 0.0495. The van der Waals surface area contributed by atoms with Crippen LogP contribution in [0.1, 0.15) is 15.9 Å². The van der Waals surface area contributed by atoms with E-state index < -0.39 is 6.10 Å². The van der Waals surface area contributed by atoms with Gasteiger partial charge in [-0.2, -0.15) is 0 Å². The molecule has 120 valence electrons. The van der Waals surface area contributed by atoms with Crippen molar-refractivity contribution in [2.24, 2.45) is 10.2 Å². The third-order valence-corrected chi connectivity index (χ3v) is 3.33. The molecule has 0 aliphatic carbocycles. The van der Waals surface area contributed by atoms with Crippen LogP contribution in [-0.2, 0) is 11.3 Å². The van der Waals surface area contributed by atoms with Crippen LogP contribution in [0.15, 0.2) is 28.4 Å². The van der Waals surface area contributed by atoms with Crippen LogP contribution in [0.3, 0.4) is 0 Å². The number of aliphatic hydroxyl groups excluding tert-OH is 1. The Morgan fingerprint density at radius 1 is 1.39 bits per heavy atom. The van der Waals surface area contributed by atoms with Crippen molar-refractivity contribution in [3.05, 3.63) is 50.2 Å². The summed E-state index contributed by atoms with van der Waals surface area (Å²) in [7, 11) is 0. The van der Waals surface area contributed by atoms with Gasteiger partial charge >= 0.3 is 0 Å². The highest BCUT2D eigenvalue weighted by molar-refractivity contribution is 5.95. The number of carbonyl (C=O) groups is 1. The van der Waals surface area contributed by atoms with Crippen LogP contribution in [0, 0.1) is 0 Å². The Labute approximate surface area is 131 Å². The summed E-state index contributed by atoms with van der Waals surface area (Å²) in [6.45, 7) is 0.927. The van der Waals surface area contributed by atoms with E-state index in [1.165, 1.54) is 6.07 Å². The van der Waals surface area contributed by atoms with Crippen LogP contribution in [0.5, 0.6) is 0 Å². The number of ether oxygens (including phenoxy) is 1. The van der Waals surface area contributed by atoms with Crippen LogP contribution in [-0.4, -0.2) is 48.3 Å². The monoisotopic (exact) mass is 317 g/mol. The zero-order chi connectivity index (χ0) is 16.7. The van der Waals surface area contributed by atoms with Gasteiger partial charge in [0, 0.05) is 34.2 Å². The Bertz CT molecular complexity index is 680. The number of hydrogen-bond acceptors (Lipinski definition) is 5. The van der Waals surface area contributed by atoms with E-state index >= 15 is 0 Å². The number of morpholine rings is 1. The Hall–Kier alpha value is -2.77. The molecule has 1 atom stereocenters. The van der Waals surface area contributed by atoms with Gasteiger partial charge in [-0.25, -0.2) is 0 Å². The quantitative estimate of drug-likeness (QED) is 0.504. The van der Waals surface area contributed by atoms with Gasteiger partial charge in [-0.15, -0.1) is 0 Å². The summed E-state index contributed by atoms with van der Waals surface area (Å²) >= 11 is 0. The summed E-state index contributed by atoms with van der Waals surface area (Å²) in [5.74, 6) is -0.260. The molecule has 23 heavy (non-hydrogen) atoms. The van der Waals surface area contributed by atoms with Crippen LogP contribution in [0.4, 0.5) is 5.69 Å². The lowest BCUT2D eigenvalue weighted by atomic mass is 10.1. The minimum atomic E-state index is -0.407. The maximum Gasteiger partial charge on any atom is 0.254 e. The molecule has 1 amide bonds. The number of nitrogens with zero attached hydrogens (tertiary/aromatic N) is 7. The van der Waals surface area contributed by atoms with Crippen LogP contribution in [0.2, 0.25) is 0 Å². The van der Waals surface area contributed by atoms with Crippen molar-refractivity contribution in [3.8, 4) is 0 Å². The summed E-state index contributed by atoms with van der Waals surface area (Å²) in [4.78, 5) is 19.5. The molecule has 0 unspecified atom stereocenters. The van der Waals surface area contributed by atoms with Gasteiger partial charge in [0.15, 0.2) is 0 Å². The second kappa shape index (κ2) is 8.02. The third-order valence-electron chi connectivity index (χ3n) is 3.33.